The van der Waals surface area contributed by atoms with Crippen LogP contribution in [0.3, 0.4) is 0 Å². The third-order valence-electron chi connectivity index (χ3n) is 1.73. The Kier molecular flexibility index (Phi) is 5.14. The van der Waals surface area contributed by atoms with Crippen LogP contribution >= 0.6 is 11.6 Å². The monoisotopic (exact) mass is 231 g/mol. The first-order valence-electron chi connectivity index (χ1n) is 4.47. The lowest BCUT2D eigenvalue weighted by molar-refractivity contribution is 0.191. The average molecular weight is 232 g/mol. The Morgan fingerprint density at radius 2 is 2.27 bits per heavy atom. The van der Waals surface area contributed by atoms with Gasteiger partial charge in [-0.2, -0.15) is 4.98 Å². The number of anilines is 1. The van der Waals surface area contributed by atoms with E-state index in [9.17, 15) is 0 Å². The highest BCUT2D eigenvalue weighted by Crippen LogP contribution is 2.09. The number of hydrogen-bond acceptors (Lipinski definition) is 5. The van der Waals surface area contributed by atoms with Gasteiger partial charge >= 0.3 is 0 Å². The van der Waals surface area contributed by atoms with Crippen molar-refractivity contribution in [2.45, 2.75) is 6.04 Å². The normalized spacial score (nSPS) is 12.2. The number of nitrogens with one attached hydrogen (secondary N) is 1. The van der Waals surface area contributed by atoms with Crippen molar-refractivity contribution in [3.05, 3.63) is 12.4 Å². The topological polar surface area (TPSA) is 56.3 Å². The number of nitrogens with zero attached hydrogens (tertiary/aromatic N) is 2. The van der Waals surface area contributed by atoms with Crippen molar-refractivity contribution in [3.8, 4) is 5.88 Å². The van der Waals surface area contributed by atoms with Crippen LogP contribution in [0.1, 0.15) is 0 Å². The van der Waals surface area contributed by atoms with Gasteiger partial charge < -0.3 is 14.8 Å². The Bertz CT molecular complexity index is 298. The van der Waals surface area contributed by atoms with Crippen LogP contribution in [0.4, 0.5) is 5.82 Å². The molecule has 5 nitrogen and oxygen atoms in total. The van der Waals surface area contributed by atoms with Gasteiger partial charge in [-0.3, -0.25) is 4.98 Å². The van der Waals surface area contributed by atoms with Crippen LogP contribution in [-0.2, 0) is 4.74 Å². The molecule has 0 saturated carbocycles. The van der Waals surface area contributed by atoms with E-state index in [2.05, 4.69) is 15.3 Å². The minimum atomic E-state index is 0.0121. The molecule has 0 fully saturated rings. The zero-order valence-corrected chi connectivity index (χ0v) is 9.49. The quantitative estimate of drug-likeness (QED) is 0.745. The fourth-order valence-corrected chi connectivity index (χ4v) is 1.22. The molecule has 0 aliphatic heterocycles. The molecule has 1 rings (SSSR count). The van der Waals surface area contributed by atoms with Crippen molar-refractivity contribution in [2.75, 3.05) is 32.0 Å². The molecule has 1 aromatic rings. The van der Waals surface area contributed by atoms with Crippen LogP contribution < -0.4 is 10.1 Å². The van der Waals surface area contributed by atoms with Crippen LogP contribution in [0.5, 0.6) is 5.88 Å². The van der Waals surface area contributed by atoms with Gasteiger partial charge in [-0.25, -0.2) is 0 Å². The van der Waals surface area contributed by atoms with Gasteiger partial charge in [0.05, 0.1) is 32.2 Å². The van der Waals surface area contributed by atoms with E-state index in [4.69, 9.17) is 21.1 Å². The average Bonchev–Trinajstić information content (AvgIpc) is 2.29. The van der Waals surface area contributed by atoms with Crippen molar-refractivity contribution < 1.29 is 9.47 Å². The molecule has 0 radical (unpaired) electrons. The largest absolute Gasteiger partial charge is 0.480 e. The minimum absolute atomic E-state index is 0.0121. The molecule has 6 heteroatoms. The summed E-state index contributed by atoms with van der Waals surface area (Å²) in [6.45, 7) is 0.516. The molecule has 1 N–H and O–H groups in total. The first-order chi connectivity index (χ1) is 7.30. The van der Waals surface area contributed by atoms with Crippen molar-refractivity contribution in [1.82, 2.24) is 9.97 Å². The molecule has 0 spiro atoms. The summed E-state index contributed by atoms with van der Waals surface area (Å²) in [4.78, 5) is 8.12. The van der Waals surface area contributed by atoms with Gasteiger partial charge in [0.2, 0.25) is 5.88 Å². The highest BCUT2D eigenvalue weighted by Gasteiger charge is 2.07. The molecule has 0 aliphatic carbocycles. The molecular weight excluding hydrogens is 218 g/mol. The lowest BCUT2D eigenvalue weighted by atomic mass is 10.3. The van der Waals surface area contributed by atoms with Gasteiger partial charge in [-0.1, -0.05) is 0 Å². The molecule has 1 atom stereocenters. The standard InChI is InChI=1S/C9H14ClN3O2/c1-14-6-7(3-10)12-8-4-11-5-9(13-8)15-2/h4-5,7H,3,6H2,1-2H3,(H,12,13). The summed E-state index contributed by atoms with van der Waals surface area (Å²) in [6, 6.07) is 0.0121. The van der Waals surface area contributed by atoms with E-state index in [0.717, 1.165) is 0 Å². The number of ether oxygens (including phenoxy) is 2. The van der Waals surface area contributed by atoms with E-state index in [1.165, 1.54) is 6.20 Å². The molecular formula is C9H14ClN3O2. The molecule has 0 aromatic carbocycles. The number of aromatic nitrogens is 2. The number of hydrogen-bond donors (Lipinski definition) is 1. The van der Waals surface area contributed by atoms with Crippen LogP contribution in [0.25, 0.3) is 0 Å². The number of rotatable bonds is 6. The van der Waals surface area contributed by atoms with E-state index in [-0.39, 0.29) is 6.04 Å². The van der Waals surface area contributed by atoms with Crippen LogP contribution in [0, 0.1) is 0 Å². The zero-order chi connectivity index (χ0) is 11.1. The lowest BCUT2D eigenvalue weighted by Crippen LogP contribution is -2.27. The molecule has 84 valence electrons. The zero-order valence-electron chi connectivity index (χ0n) is 8.74. The van der Waals surface area contributed by atoms with Gasteiger partial charge in [0.1, 0.15) is 5.82 Å². The Balaban J connectivity index is 2.61. The molecule has 0 aliphatic rings. The SMILES string of the molecule is COCC(CCl)Nc1cncc(OC)n1. The Morgan fingerprint density at radius 3 is 2.87 bits per heavy atom. The predicted molar refractivity (Wildman–Crippen MR) is 58.6 cm³/mol. The molecule has 0 saturated heterocycles. The summed E-state index contributed by atoms with van der Waals surface area (Å²) >= 11 is 5.75. The van der Waals surface area contributed by atoms with E-state index in [1.807, 2.05) is 0 Å². The highest BCUT2D eigenvalue weighted by atomic mass is 35.5. The van der Waals surface area contributed by atoms with E-state index >= 15 is 0 Å². The van der Waals surface area contributed by atoms with E-state index < -0.39 is 0 Å². The molecule has 1 heterocycles. The summed E-state index contributed by atoms with van der Waals surface area (Å²) in [7, 11) is 3.17. The molecule has 0 bridgehead atoms. The summed E-state index contributed by atoms with van der Waals surface area (Å²) in [5, 5.41) is 3.09. The van der Waals surface area contributed by atoms with Crippen molar-refractivity contribution in [3.63, 3.8) is 0 Å². The van der Waals surface area contributed by atoms with Crippen molar-refractivity contribution >= 4 is 17.4 Å². The lowest BCUT2D eigenvalue weighted by Gasteiger charge is -2.15. The fourth-order valence-electron chi connectivity index (χ4n) is 1.05. The molecule has 1 unspecified atom stereocenters. The van der Waals surface area contributed by atoms with Gasteiger partial charge in [-0.15, -0.1) is 11.6 Å². The maximum absolute atomic E-state index is 5.75. The molecule has 1 aromatic heterocycles. The van der Waals surface area contributed by atoms with Gasteiger partial charge in [0, 0.05) is 13.0 Å². The number of halogens is 1. The third kappa shape index (κ3) is 3.89. The predicted octanol–water partition coefficient (Wildman–Crippen LogP) is 1.15. The van der Waals surface area contributed by atoms with E-state index in [0.29, 0.717) is 24.2 Å². The summed E-state index contributed by atoms with van der Waals surface area (Å²) in [5.74, 6) is 1.52. The third-order valence-corrected chi connectivity index (χ3v) is 2.10. The fraction of sp³-hybridized carbons (Fsp3) is 0.556. The Morgan fingerprint density at radius 1 is 1.47 bits per heavy atom. The molecule has 15 heavy (non-hydrogen) atoms. The smallest absolute Gasteiger partial charge is 0.233 e. The number of alkyl halides is 1. The van der Waals surface area contributed by atoms with Gasteiger partial charge in [0.25, 0.3) is 0 Å². The maximum atomic E-state index is 5.75. The van der Waals surface area contributed by atoms with Crippen LogP contribution in [-0.4, -0.2) is 42.7 Å². The van der Waals surface area contributed by atoms with Gasteiger partial charge in [0.15, 0.2) is 0 Å². The maximum Gasteiger partial charge on any atom is 0.233 e. The summed E-state index contributed by atoms with van der Waals surface area (Å²) in [5.41, 5.74) is 0. The minimum Gasteiger partial charge on any atom is -0.480 e. The second kappa shape index (κ2) is 6.42. The van der Waals surface area contributed by atoms with Crippen molar-refractivity contribution in [2.24, 2.45) is 0 Å². The Hall–Kier alpha value is -1.07. The highest BCUT2D eigenvalue weighted by molar-refractivity contribution is 6.18. The first-order valence-corrected chi connectivity index (χ1v) is 5.01. The summed E-state index contributed by atoms with van der Waals surface area (Å²) in [6.07, 6.45) is 3.15. The Labute approximate surface area is 93.8 Å². The second-order valence-electron chi connectivity index (χ2n) is 2.90. The van der Waals surface area contributed by atoms with Crippen LogP contribution in [0.2, 0.25) is 0 Å². The first kappa shape index (κ1) is 12.0. The van der Waals surface area contributed by atoms with Crippen LogP contribution in [0.15, 0.2) is 12.4 Å². The molecule has 0 amide bonds. The number of methoxy groups -OCH3 is 2. The summed E-state index contributed by atoms with van der Waals surface area (Å²) < 4.78 is 9.95. The second-order valence-corrected chi connectivity index (χ2v) is 3.21. The van der Waals surface area contributed by atoms with E-state index in [1.54, 1.807) is 20.4 Å². The van der Waals surface area contributed by atoms with Gasteiger partial charge in [-0.05, 0) is 0 Å². The van der Waals surface area contributed by atoms with Crippen molar-refractivity contribution in [1.29, 1.82) is 0 Å².